The zero-order valence-electron chi connectivity index (χ0n) is 17.5. The Balaban J connectivity index is 1.39. The van der Waals surface area contributed by atoms with Gasteiger partial charge in [0, 0.05) is 23.7 Å². The molecule has 2 aliphatic heterocycles. The molecular formula is C22H23N3O4S2. The van der Waals surface area contributed by atoms with Crippen molar-refractivity contribution in [2.45, 2.75) is 31.7 Å². The summed E-state index contributed by atoms with van der Waals surface area (Å²) in [5.74, 6) is 3.23. The minimum Gasteiger partial charge on any atom is -0.493 e. The van der Waals surface area contributed by atoms with Crippen LogP contribution in [0.3, 0.4) is 0 Å². The molecule has 0 saturated carbocycles. The molecule has 3 aromatic rings. The molecule has 31 heavy (non-hydrogen) atoms. The normalized spacial score (nSPS) is 15.5. The Morgan fingerprint density at radius 2 is 1.94 bits per heavy atom. The summed E-state index contributed by atoms with van der Waals surface area (Å²) >= 11 is 3.49. The van der Waals surface area contributed by atoms with Crippen LogP contribution in [-0.4, -0.2) is 46.9 Å². The topological polar surface area (TPSA) is 73.7 Å². The van der Waals surface area contributed by atoms with Crippen molar-refractivity contribution in [1.82, 2.24) is 14.5 Å². The second-order valence-electron chi connectivity index (χ2n) is 7.71. The van der Waals surface area contributed by atoms with Crippen LogP contribution in [-0.2, 0) is 36.5 Å². The average Bonchev–Trinajstić information content (AvgIpc) is 3.18. The standard InChI is InChI=1S/C22H23N3O4S2/c1-28-16-7-13-3-5-24(9-14(13)8-17(16)29-2)19(26)10-25-12-23-21-20(22(25)27)15-4-6-30-11-18(15)31-21/h7-8,12H,3-6,9-11H2,1-2H3. The number of nitrogens with zero attached hydrogens (tertiary/aromatic N) is 3. The molecule has 2 aromatic heterocycles. The molecule has 9 heteroatoms. The van der Waals surface area contributed by atoms with Crippen molar-refractivity contribution < 1.29 is 14.3 Å². The summed E-state index contributed by atoms with van der Waals surface area (Å²) < 4.78 is 12.3. The number of aryl methyl sites for hydroxylation is 1. The number of hydrogen-bond acceptors (Lipinski definition) is 7. The Morgan fingerprint density at radius 3 is 2.71 bits per heavy atom. The van der Waals surface area contributed by atoms with Crippen LogP contribution in [0.4, 0.5) is 0 Å². The van der Waals surface area contributed by atoms with E-state index in [1.165, 1.54) is 15.8 Å². The second-order valence-corrected chi connectivity index (χ2v) is 9.89. The molecule has 162 valence electrons. The van der Waals surface area contributed by atoms with E-state index in [0.29, 0.717) is 30.0 Å². The molecule has 2 aliphatic rings. The van der Waals surface area contributed by atoms with Gasteiger partial charge in [0.15, 0.2) is 11.5 Å². The largest absolute Gasteiger partial charge is 0.493 e. The van der Waals surface area contributed by atoms with Crippen LogP contribution in [0.1, 0.15) is 21.6 Å². The van der Waals surface area contributed by atoms with Gasteiger partial charge in [-0.15, -0.1) is 11.3 Å². The minimum atomic E-state index is -0.105. The van der Waals surface area contributed by atoms with E-state index in [4.69, 9.17) is 9.47 Å². The molecule has 0 N–H and O–H groups in total. The first-order chi connectivity index (χ1) is 15.1. The van der Waals surface area contributed by atoms with Crippen molar-refractivity contribution in [3.8, 4) is 11.5 Å². The number of fused-ring (bicyclic) bond motifs is 4. The van der Waals surface area contributed by atoms with Gasteiger partial charge in [0.1, 0.15) is 11.4 Å². The molecule has 0 aliphatic carbocycles. The monoisotopic (exact) mass is 457 g/mol. The SMILES string of the molecule is COc1cc2c(cc1OC)CN(C(=O)Cn1cnc3sc4c(c3c1=O)CCSC4)CC2. The van der Waals surface area contributed by atoms with Gasteiger partial charge in [-0.2, -0.15) is 11.8 Å². The average molecular weight is 458 g/mol. The summed E-state index contributed by atoms with van der Waals surface area (Å²) in [6, 6.07) is 3.92. The Labute approximate surface area is 188 Å². The van der Waals surface area contributed by atoms with Crippen LogP contribution in [0.2, 0.25) is 0 Å². The summed E-state index contributed by atoms with van der Waals surface area (Å²) in [4.78, 5) is 34.5. The van der Waals surface area contributed by atoms with Gasteiger partial charge < -0.3 is 14.4 Å². The van der Waals surface area contributed by atoms with Gasteiger partial charge in [-0.25, -0.2) is 4.98 Å². The number of ether oxygens (including phenoxy) is 2. The van der Waals surface area contributed by atoms with Crippen molar-refractivity contribution >= 4 is 39.2 Å². The van der Waals surface area contributed by atoms with E-state index in [9.17, 15) is 9.59 Å². The third-order valence-electron chi connectivity index (χ3n) is 5.97. The maximum absolute atomic E-state index is 13.2. The molecule has 0 radical (unpaired) electrons. The van der Waals surface area contributed by atoms with Crippen LogP contribution in [0.15, 0.2) is 23.3 Å². The van der Waals surface area contributed by atoms with Crippen molar-refractivity contribution in [1.29, 1.82) is 0 Å². The number of benzene rings is 1. The van der Waals surface area contributed by atoms with Gasteiger partial charge in [0.2, 0.25) is 5.91 Å². The molecule has 5 rings (SSSR count). The molecule has 0 fully saturated rings. The minimum absolute atomic E-state index is 0.00374. The summed E-state index contributed by atoms with van der Waals surface area (Å²) in [6.45, 7) is 1.10. The molecule has 1 aromatic carbocycles. The number of hydrogen-bond donors (Lipinski definition) is 0. The number of rotatable bonds is 4. The molecule has 0 bridgehead atoms. The third kappa shape index (κ3) is 3.59. The predicted octanol–water partition coefficient (Wildman–Crippen LogP) is 2.85. The molecule has 0 unspecified atom stereocenters. The Morgan fingerprint density at radius 1 is 1.16 bits per heavy atom. The Kier molecular flexibility index (Phi) is 5.39. The van der Waals surface area contributed by atoms with Crippen molar-refractivity contribution in [3.63, 3.8) is 0 Å². The highest BCUT2D eigenvalue weighted by molar-refractivity contribution is 7.98. The summed E-state index contributed by atoms with van der Waals surface area (Å²) in [6.07, 6.45) is 3.15. The van der Waals surface area contributed by atoms with E-state index in [-0.39, 0.29) is 18.0 Å². The molecule has 7 nitrogen and oxygen atoms in total. The van der Waals surface area contributed by atoms with Gasteiger partial charge >= 0.3 is 0 Å². The first-order valence-corrected chi connectivity index (χ1v) is 12.1. The number of methoxy groups -OCH3 is 2. The van der Waals surface area contributed by atoms with Crippen molar-refractivity contribution in [2.75, 3.05) is 26.5 Å². The zero-order valence-corrected chi connectivity index (χ0v) is 19.1. The highest BCUT2D eigenvalue weighted by atomic mass is 32.2. The van der Waals surface area contributed by atoms with E-state index < -0.39 is 0 Å². The first kappa shape index (κ1) is 20.4. The highest BCUT2D eigenvalue weighted by Gasteiger charge is 2.25. The quantitative estimate of drug-likeness (QED) is 0.600. The number of thioether (sulfide) groups is 1. The van der Waals surface area contributed by atoms with Crippen molar-refractivity contribution in [3.05, 3.63) is 50.4 Å². The lowest BCUT2D eigenvalue weighted by Crippen LogP contribution is -2.39. The summed E-state index contributed by atoms with van der Waals surface area (Å²) in [5, 5.41) is 0.705. The van der Waals surface area contributed by atoms with E-state index in [1.54, 1.807) is 30.5 Å². The van der Waals surface area contributed by atoms with Crippen LogP contribution in [0.5, 0.6) is 11.5 Å². The predicted molar refractivity (Wildman–Crippen MR) is 122 cm³/mol. The Hall–Kier alpha value is -2.52. The Bertz CT molecular complexity index is 1230. The number of carbonyl (C=O) groups excluding carboxylic acids is 1. The number of thiophene rings is 1. The van der Waals surface area contributed by atoms with Gasteiger partial charge in [-0.1, -0.05) is 0 Å². The number of carbonyl (C=O) groups is 1. The molecule has 0 spiro atoms. The zero-order chi connectivity index (χ0) is 21.5. The lowest BCUT2D eigenvalue weighted by molar-refractivity contribution is -0.132. The van der Waals surface area contributed by atoms with Crippen LogP contribution in [0.25, 0.3) is 10.2 Å². The molecule has 0 saturated heterocycles. The van der Waals surface area contributed by atoms with Crippen LogP contribution >= 0.6 is 23.1 Å². The van der Waals surface area contributed by atoms with E-state index >= 15 is 0 Å². The van der Waals surface area contributed by atoms with Gasteiger partial charge in [-0.05, 0) is 47.4 Å². The first-order valence-electron chi connectivity index (χ1n) is 10.2. The highest BCUT2D eigenvalue weighted by Crippen LogP contribution is 2.35. The van der Waals surface area contributed by atoms with Gasteiger partial charge in [0.05, 0.1) is 25.9 Å². The second kappa shape index (κ2) is 8.20. The number of amides is 1. The lowest BCUT2D eigenvalue weighted by atomic mass is 9.98. The number of aromatic nitrogens is 2. The summed E-state index contributed by atoms with van der Waals surface area (Å²) in [7, 11) is 3.22. The smallest absolute Gasteiger partial charge is 0.262 e. The van der Waals surface area contributed by atoms with Gasteiger partial charge in [-0.3, -0.25) is 14.2 Å². The molecular weight excluding hydrogens is 434 g/mol. The van der Waals surface area contributed by atoms with E-state index in [1.807, 2.05) is 23.9 Å². The van der Waals surface area contributed by atoms with Crippen LogP contribution < -0.4 is 15.0 Å². The van der Waals surface area contributed by atoms with Crippen LogP contribution in [0, 0.1) is 0 Å². The third-order valence-corrected chi connectivity index (χ3v) is 8.28. The molecule has 1 amide bonds. The fraction of sp³-hybridized carbons (Fsp3) is 0.409. The van der Waals surface area contributed by atoms with E-state index in [2.05, 4.69) is 4.98 Å². The fourth-order valence-corrected chi connectivity index (χ4v) is 6.61. The van der Waals surface area contributed by atoms with Crippen molar-refractivity contribution in [2.24, 2.45) is 0 Å². The molecule has 4 heterocycles. The maximum Gasteiger partial charge on any atom is 0.262 e. The van der Waals surface area contributed by atoms with Gasteiger partial charge in [0.25, 0.3) is 5.56 Å². The molecule has 0 atom stereocenters. The lowest BCUT2D eigenvalue weighted by Gasteiger charge is -2.29. The van der Waals surface area contributed by atoms with E-state index in [0.717, 1.165) is 45.9 Å². The maximum atomic E-state index is 13.2. The fourth-order valence-electron chi connectivity index (χ4n) is 4.30. The summed E-state index contributed by atoms with van der Waals surface area (Å²) in [5.41, 5.74) is 3.23.